The Morgan fingerprint density at radius 3 is 2.93 bits per heavy atom. The van der Waals surface area contributed by atoms with Crippen LogP contribution in [0.2, 0.25) is 0 Å². The normalized spacial score (nSPS) is 20.5. The van der Waals surface area contributed by atoms with Crippen molar-refractivity contribution < 1.29 is 5.11 Å². The molecule has 2 N–H and O–H groups in total. The molecule has 0 spiro atoms. The first-order chi connectivity index (χ1) is 6.68. The van der Waals surface area contributed by atoms with Crippen molar-refractivity contribution in [2.45, 2.75) is 13.1 Å². The second kappa shape index (κ2) is 3.14. The Labute approximate surface area is 81.8 Å². The van der Waals surface area contributed by atoms with Gasteiger partial charge in [-0.05, 0) is 18.4 Å². The van der Waals surface area contributed by atoms with Gasteiger partial charge in [0.15, 0.2) is 6.17 Å². The van der Waals surface area contributed by atoms with E-state index in [4.69, 9.17) is 5.73 Å². The minimum atomic E-state index is -0.441. The highest BCUT2D eigenvalue weighted by Crippen LogP contribution is 2.28. The molecule has 1 aromatic rings. The van der Waals surface area contributed by atoms with Crippen molar-refractivity contribution in [3.63, 3.8) is 0 Å². The van der Waals surface area contributed by atoms with Gasteiger partial charge in [-0.1, -0.05) is 24.3 Å². The van der Waals surface area contributed by atoms with Gasteiger partial charge < -0.3 is 10.8 Å². The van der Waals surface area contributed by atoms with Crippen LogP contribution in [0.1, 0.15) is 24.2 Å². The fraction of sp³-hybridized carbons (Fsp3) is 0.200. The molecule has 1 aliphatic rings. The van der Waals surface area contributed by atoms with Crippen molar-refractivity contribution in [1.29, 1.82) is 0 Å². The zero-order valence-electron chi connectivity index (χ0n) is 7.77. The molecule has 4 heteroatoms. The first-order valence-corrected chi connectivity index (χ1v) is 4.32. The molecule has 1 unspecified atom stereocenters. The maximum Gasteiger partial charge on any atom is 0.166 e. The number of rotatable bonds is 1. The van der Waals surface area contributed by atoms with Gasteiger partial charge in [0.1, 0.15) is 0 Å². The lowest BCUT2D eigenvalue weighted by molar-refractivity contribution is -0.212. The Kier molecular flexibility index (Phi) is 1.96. The molecule has 1 aliphatic heterocycles. The monoisotopic (exact) mass is 188 g/mol. The third-order valence-corrected chi connectivity index (χ3v) is 2.03. The predicted octanol–water partition coefficient (Wildman–Crippen LogP) is 0.183. The number of amidine groups is 1. The molecule has 0 saturated carbocycles. The van der Waals surface area contributed by atoms with Crippen molar-refractivity contribution in [1.82, 2.24) is 0 Å². The van der Waals surface area contributed by atoms with E-state index in [1.807, 2.05) is 18.2 Å². The molecule has 0 radical (unpaired) electrons. The van der Waals surface area contributed by atoms with Gasteiger partial charge in [-0.2, -0.15) is 0 Å². The fourth-order valence-electron chi connectivity index (χ4n) is 1.46. The van der Waals surface area contributed by atoms with Crippen LogP contribution in [0, 0.1) is 0 Å². The lowest BCUT2D eigenvalue weighted by Gasteiger charge is -2.05. The zero-order chi connectivity index (χ0) is 10.1. The van der Waals surface area contributed by atoms with Crippen LogP contribution < -0.4 is 10.8 Å². The second-order valence-electron chi connectivity index (χ2n) is 3.17. The average Bonchev–Trinajstić information content (AvgIpc) is 2.44. The molecule has 0 bridgehead atoms. The summed E-state index contributed by atoms with van der Waals surface area (Å²) in [5.74, 6) is 0.221. The van der Waals surface area contributed by atoms with Crippen molar-refractivity contribution in [3.05, 3.63) is 35.4 Å². The van der Waals surface area contributed by atoms with Crippen LogP contribution in [0.25, 0.3) is 0 Å². The van der Waals surface area contributed by atoms with E-state index in [-0.39, 0.29) is 5.90 Å². The van der Waals surface area contributed by atoms with Gasteiger partial charge in [0.2, 0.25) is 0 Å². The van der Waals surface area contributed by atoms with Crippen LogP contribution >= 0.6 is 0 Å². The number of nitrogens with zero attached hydrogens (tertiary/aromatic N) is 2. The summed E-state index contributed by atoms with van der Waals surface area (Å²) in [6, 6.07) is 7.28. The topological polar surface area (TPSA) is 73.8 Å². The van der Waals surface area contributed by atoms with E-state index < -0.39 is 6.17 Å². The summed E-state index contributed by atoms with van der Waals surface area (Å²) in [7, 11) is 0. The molecule has 0 fully saturated rings. The quantitative estimate of drug-likeness (QED) is 0.504. The van der Waals surface area contributed by atoms with Gasteiger partial charge in [0, 0.05) is 5.56 Å². The van der Waals surface area contributed by atoms with Gasteiger partial charge in [-0.3, -0.25) is 4.99 Å². The van der Waals surface area contributed by atoms with Crippen LogP contribution in [0.4, 0.5) is 0 Å². The van der Waals surface area contributed by atoms with Gasteiger partial charge in [0.25, 0.3) is 0 Å². The van der Waals surface area contributed by atoms with Crippen LogP contribution in [0.15, 0.2) is 34.3 Å². The maximum absolute atomic E-state index is 11.4. The number of fused-ring (bicyclic) bond motifs is 1. The summed E-state index contributed by atoms with van der Waals surface area (Å²) in [5, 5.41) is 11.4. The molecule has 4 nitrogen and oxygen atoms in total. The Hall–Kier alpha value is -1.84. The smallest absolute Gasteiger partial charge is 0.166 e. The number of nitrogens with two attached hydrogens (primary N) is 1. The molecule has 0 aromatic heterocycles. The van der Waals surface area contributed by atoms with Gasteiger partial charge in [0.05, 0.1) is 5.84 Å². The summed E-state index contributed by atoms with van der Waals surface area (Å²) in [6.45, 7) is 1.68. The minimum absolute atomic E-state index is 0.212. The van der Waals surface area contributed by atoms with Gasteiger partial charge in [-0.25, -0.2) is 4.99 Å². The van der Waals surface area contributed by atoms with Crippen molar-refractivity contribution in [3.8, 4) is 0 Å². The zero-order valence-corrected chi connectivity index (χ0v) is 7.77. The lowest BCUT2D eigenvalue weighted by Crippen LogP contribution is -2.15. The fourth-order valence-corrected chi connectivity index (χ4v) is 1.46. The minimum Gasteiger partial charge on any atom is -0.858 e. The van der Waals surface area contributed by atoms with E-state index in [0.717, 1.165) is 5.56 Å². The molecular formula is C10H10N3O-. The van der Waals surface area contributed by atoms with E-state index in [0.29, 0.717) is 11.4 Å². The summed E-state index contributed by atoms with van der Waals surface area (Å²) in [5.41, 5.74) is 6.92. The van der Waals surface area contributed by atoms with E-state index in [1.54, 1.807) is 13.0 Å². The van der Waals surface area contributed by atoms with Crippen molar-refractivity contribution in [2.24, 2.45) is 15.7 Å². The van der Waals surface area contributed by atoms with Crippen molar-refractivity contribution in [2.75, 3.05) is 0 Å². The van der Waals surface area contributed by atoms with E-state index in [9.17, 15) is 5.11 Å². The van der Waals surface area contributed by atoms with Crippen LogP contribution in [0.5, 0.6) is 0 Å². The number of hydrogen-bond acceptors (Lipinski definition) is 3. The molecule has 1 aromatic carbocycles. The highest BCUT2D eigenvalue weighted by atomic mass is 16.3. The largest absolute Gasteiger partial charge is 0.858 e. The Morgan fingerprint density at radius 1 is 1.50 bits per heavy atom. The molecule has 0 saturated heterocycles. The molecular weight excluding hydrogens is 178 g/mol. The molecule has 72 valence electrons. The van der Waals surface area contributed by atoms with Crippen molar-refractivity contribution >= 4 is 11.7 Å². The summed E-state index contributed by atoms with van der Waals surface area (Å²) in [6.07, 6.45) is -0.441. The van der Waals surface area contributed by atoms with Crippen LogP contribution in [-0.4, -0.2) is 11.7 Å². The number of benzene rings is 1. The maximum atomic E-state index is 11.4. The number of hydrogen-bond donors (Lipinski definition) is 1. The summed E-state index contributed by atoms with van der Waals surface area (Å²) < 4.78 is 0. The molecule has 1 heterocycles. The number of aliphatic imine (C=N–C) groups is 2. The summed E-state index contributed by atoms with van der Waals surface area (Å²) >= 11 is 0. The molecule has 14 heavy (non-hydrogen) atoms. The van der Waals surface area contributed by atoms with E-state index in [2.05, 4.69) is 9.98 Å². The third-order valence-electron chi connectivity index (χ3n) is 2.03. The SMILES string of the molecule is CC(N)=NC1N=C([O-])c2ccccc21. The standard InChI is InChI=1S/C10H11N3O/c1-6(11)12-9-7-4-2-3-5-8(7)10(14)13-9/h2-5,9H,1H3,(H2,11,12)(H,13,14)/p-1. The first-order valence-electron chi connectivity index (χ1n) is 4.32. The van der Waals surface area contributed by atoms with Gasteiger partial charge >= 0.3 is 0 Å². The first kappa shape index (κ1) is 8.74. The lowest BCUT2D eigenvalue weighted by atomic mass is 10.1. The molecule has 0 amide bonds. The van der Waals surface area contributed by atoms with Gasteiger partial charge in [-0.15, -0.1) is 0 Å². The summed E-state index contributed by atoms with van der Waals surface area (Å²) in [4.78, 5) is 7.97. The third kappa shape index (κ3) is 1.35. The predicted molar refractivity (Wildman–Crippen MR) is 53.0 cm³/mol. The second-order valence-corrected chi connectivity index (χ2v) is 3.17. The molecule has 0 aliphatic carbocycles. The van der Waals surface area contributed by atoms with Crippen LogP contribution in [0.3, 0.4) is 0 Å². The Bertz CT molecular complexity index is 419. The highest BCUT2D eigenvalue weighted by Gasteiger charge is 2.18. The van der Waals surface area contributed by atoms with E-state index in [1.165, 1.54) is 0 Å². The molecule has 1 atom stereocenters. The average molecular weight is 188 g/mol. The highest BCUT2D eigenvalue weighted by molar-refractivity contribution is 5.95. The Balaban J connectivity index is 2.47. The van der Waals surface area contributed by atoms with E-state index >= 15 is 0 Å². The Morgan fingerprint density at radius 2 is 2.21 bits per heavy atom. The van der Waals surface area contributed by atoms with Crippen LogP contribution in [-0.2, 0) is 0 Å². The molecule has 2 rings (SSSR count).